The van der Waals surface area contributed by atoms with Crippen LogP contribution in [0.15, 0.2) is 30.3 Å². The van der Waals surface area contributed by atoms with E-state index in [-0.39, 0.29) is 19.1 Å². The van der Waals surface area contributed by atoms with Gasteiger partial charge in [-0.2, -0.15) is 11.8 Å². The average Bonchev–Trinajstić information content (AvgIpc) is 2.76. The van der Waals surface area contributed by atoms with Crippen LogP contribution in [0.3, 0.4) is 0 Å². The molecule has 0 bridgehead atoms. The number of nitrogens with one attached hydrogen (secondary N) is 2. The van der Waals surface area contributed by atoms with Crippen LogP contribution in [-0.2, 0) is 25.7 Å². The van der Waals surface area contributed by atoms with Gasteiger partial charge in [0.2, 0.25) is 5.91 Å². The molecule has 2 N–H and O–H groups in total. The number of alkyl carbamates (subject to hydrolysis) is 1. The molecule has 166 valence electrons. The molecule has 1 aliphatic rings. The quantitative estimate of drug-likeness (QED) is 0.546. The van der Waals surface area contributed by atoms with E-state index in [0.717, 1.165) is 24.8 Å². The highest BCUT2D eigenvalue weighted by Crippen LogP contribution is 2.29. The Morgan fingerprint density at radius 2 is 1.80 bits per heavy atom. The lowest BCUT2D eigenvalue weighted by molar-refractivity contribution is -0.148. The number of hydrogen-bond acceptors (Lipinski definition) is 6. The van der Waals surface area contributed by atoms with Gasteiger partial charge in [-0.15, -0.1) is 0 Å². The molecule has 2 rings (SSSR count). The Labute approximate surface area is 182 Å². The number of carbonyl (C=O) groups is 3. The molecule has 0 aromatic heterocycles. The number of amides is 2. The standard InChI is InChI=1S/C22H32N2O5S/c1-3-28-19(25)18(12-15-30-2)23-20(26)22(13-8-5-9-14-22)24-21(27)29-16-17-10-6-4-7-11-17/h4,6-7,10-11,18H,3,5,8-9,12-16H2,1-2H3,(H,23,26)(H,24,27). The van der Waals surface area contributed by atoms with E-state index in [1.807, 2.05) is 36.6 Å². The molecular formula is C22H32N2O5S. The summed E-state index contributed by atoms with van der Waals surface area (Å²) in [5.41, 5.74) is -0.204. The Hall–Kier alpha value is -2.22. The Morgan fingerprint density at radius 1 is 1.10 bits per heavy atom. The average molecular weight is 437 g/mol. The van der Waals surface area contributed by atoms with Crippen molar-refractivity contribution >= 4 is 29.7 Å². The molecule has 30 heavy (non-hydrogen) atoms. The molecule has 1 saturated carbocycles. The Kier molecular flexibility index (Phi) is 10.00. The predicted molar refractivity (Wildman–Crippen MR) is 117 cm³/mol. The molecule has 1 fully saturated rings. The second-order valence-corrected chi connectivity index (χ2v) is 8.37. The first-order valence-electron chi connectivity index (χ1n) is 10.5. The summed E-state index contributed by atoms with van der Waals surface area (Å²) in [4.78, 5) is 38.0. The van der Waals surface area contributed by atoms with Crippen LogP contribution >= 0.6 is 11.8 Å². The van der Waals surface area contributed by atoms with Gasteiger partial charge >= 0.3 is 12.1 Å². The van der Waals surface area contributed by atoms with Crippen LogP contribution in [0, 0.1) is 0 Å². The van der Waals surface area contributed by atoms with E-state index in [1.54, 1.807) is 18.7 Å². The summed E-state index contributed by atoms with van der Waals surface area (Å²) in [7, 11) is 0. The van der Waals surface area contributed by atoms with E-state index >= 15 is 0 Å². The number of esters is 1. The summed E-state index contributed by atoms with van der Waals surface area (Å²) in [5, 5.41) is 5.63. The molecule has 1 aromatic rings. The van der Waals surface area contributed by atoms with E-state index in [1.165, 1.54) is 0 Å². The van der Waals surface area contributed by atoms with E-state index in [9.17, 15) is 14.4 Å². The minimum Gasteiger partial charge on any atom is -0.464 e. The third-order valence-corrected chi connectivity index (χ3v) is 5.83. The van der Waals surface area contributed by atoms with Crippen LogP contribution in [0.5, 0.6) is 0 Å². The van der Waals surface area contributed by atoms with Gasteiger partial charge in [0.1, 0.15) is 18.2 Å². The van der Waals surface area contributed by atoms with Crippen molar-refractivity contribution in [3.63, 3.8) is 0 Å². The monoisotopic (exact) mass is 436 g/mol. The third-order valence-electron chi connectivity index (χ3n) is 5.18. The van der Waals surface area contributed by atoms with Crippen molar-refractivity contribution in [3.8, 4) is 0 Å². The van der Waals surface area contributed by atoms with Crippen LogP contribution in [0.2, 0.25) is 0 Å². The maximum Gasteiger partial charge on any atom is 0.408 e. The molecule has 0 heterocycles. The van der Waals surface area contributed by atoms with Gasteiger partial charge in [-0.05, 0) is 43.8 Å². The molecule has 0 radical (unpaired) electrons. The zero-order chi connectivity index (χ0) is 21.8. The van der Waals surface area contributed by atoms with Crippen molar-refractivity contribution in [2.45, 2.75) is 63.6 Å². The Bertz CT molecular complexity index is 692. The topological polar surface area (TPSA) is 93.7 Å². The second kappa shape index (κ2) is 12.5. The normalized spacial score (nSPS) is 16.2. The minimum absolute atomic E-state index is 0.129. The minimum atomic E-state index is -1.07. The smallest absolute Gasteiger partial charge is 0.408 e. The zero-order valence-electron chi connectivity index (χ0n) is 17.8. The van der Waals surface area contributed by atoms with E-state index in [4.69, 9.17) is 9.47 Å². The molecule has 1 atom stereocenters. The highest BCUT2D eigenvalue weighted by atomic mass is 32.2. The fourth-order valence-electron chi connectivity index (χ4n) is 3.54. The van der Waals surface area contributed by atoms with Gasteiger partial charge in [0, 0.05) is 0 Å². The van der Waals surface area contributed by atoms with Gasteiger partial charge in [-0.1, -0.05) is 49.6 Å². The first-order valence-corrected chi connectivity index (χ1v) is 11.9. The number of thioether (sulfide) groups is 1. The number of ether oxygens (including phenoxy) is 2. The van der Waals surface area contributed by atoms with Crippen molar-refractivity contribution in [3.05, 3.63) is 35.9 Å². The van der Waals surface area contributed by atoms with E-state index in [2.05, 4.69) is 10.6 Å². The van der Waals surface area contributed by atoms with Crippen LogP contribution in [0.4, 0.5) is 4.79 Å². The van der Waals surface area contributed by atoms with Gasteiger partial charge in [0.25, 0.3) is 0 Å². The van der Waals surface area contributed by atoms with Crippen molar-refractivity contribution in [2.75, 3.05) is 18.6 Å². The van der Waals surface area contributed by atoms with Gasteiger partial charge in [0.05, 0.1) is 6.61 Å². The summed E-state index contributed by atoms with van der Waals surface area (Å²) < 4.78 is 10.5. The lowest BCUT2D eigenvalue weighted by Crippen LogP contribution is -2.62. The van der Waals surface area contributed by atoms with Gasteiger partial charge < -0.3 is 20.1 Å². The molecule has 0 aliphatic heterocycles. The maximum absolute atomic E-state index is 13.2. The maximum atomic E-state index is 13.2. The molecule has 8 heteroatoms. The molecular weight excluding hydrogens is 404 g/mol. The number of hydrogen-bond donors (Lipinski definition) is 2. The van der Waals surface area contributed by atoms with Crippen molar-refractivity contribution in [1.82, 2.24) is 10.6 Å². The van der Waals surface area contributed by atoms with E-state index in [0.29, 0.717) is 25.0 Å². The van der Waals surface area contributed by atoms with Crippen molar-refractivity contribution in [2.24, 2.45) is 0 Å². The fourth-order valence-corrected chi connectivity index (χ4v) is 4.01. The zero-order valence-corrected chi connectivity index (χ0v) is 18.6. The second-order valence-electron chi connectivity index (χ2n) is 7.39. The van der Waals surface area contributed by atoms with Crippen LogP contribution in [0.25, 0.3) is 0 Å². The highest BCUT2D eigenvalue weighted by molar-refractivity contribution is 7.98. The number of carbonyl (C=O) groups excluding carboxylic acids is 3. The highest BCUT2D eigenvalue weighted by Gasteiger charge is 2.42. The first kappa shape index (κ1) is 24.1. The SMILES string of the molecule is CCOC(=O)C(CCSC)NC(=O)C1(NC(=O)OCc2ccccc2)CCCCC1. The van der Waals surface area contributed by atoms with Gasteiger partial charge in [0.15, 0.2) is 0 Å². The number of rotatable bonds is 10. The Balaban J connectivity index is 2.04. The summed E-state index contributed by atoms with van der Waals surface area (Å²) in [6.07, 6.45) is 5.45. The fraction of sp³-hybridized carbons (Fsp3) is 0.591. The van der Waals surface area contributed by atoms with Crippen LogP contribution < -0.4 is 10.6 Å². The third kappa shape index (κ3) is 7.23. The van der Waals surface area contributed by atoms with Crippen LogP contribution in [0.1, 0.15) is 51.0 Å². The largest absolute Gasteiger partial charge is 0.464 e. The lowest BCUT2D eigenvalue weighted by atomic mass is 9.80. The summed E-state index contributed by atoms with van der Waals surface area (Å²) >= 11 is 1.59. The number of benzene rings is 1. The molecule has 1 aliphatic carbocycles. The van der Waals surface area contributed by atoms with E-state index < -0.39 is 23.6 Å². The Morgan fingerprint density at radius 3 is 2.43 bits per heavy atom. The summed E-state index contributed by atoms with van der Waals surface area (Å²) in [6, 6.07) is 8.64. The lowest BCUT2D eigenvalue weighted by Gasteiger charge is -2.37. The van der Waals surface area contributed by atoms with Gasteiger partial charge in [-0.3, -0.25) is 4.79 Å². The molecule has 2 amide bonds. The van der Waals surface area contributed by atoms with Crippen molar-refractivity contribution < 1.29 is 23.9 Å². The van der Waals surface area contributed by atoms with Crippen LogP contribution in [-0.4, -0.2) is 48.2 Å². The molecule has 0 spiro atoms. The molecule has 7 nitrogen and oxygen atoms in total. The van der Waals surface area contributed by atoms with Crippen molar-refractivity contribution in [1.29, 1.82) is 0 Å². The predicted octanol–water partition coefficient (Wildman–Crippen LogP) is 3.42. The summed E-state index contributed by atoms with van der Waals surface area (Å²) in [5.74, 6) is -0.0842. The summed E-state index contributed by atoms with van der Waals surface area (Å²) in [6.45, 7) is 2.11. The first-order chi connectivity index (χ1) is 14.5. The molecule has 1 unspecified atom stereocenters. The molecule has 1 aromatic carbocycles. The van der Waals surface area contributed by atoms with Gasteiger partial charge in [-0.25, -0.2) is 9.59 Å². The molecule has 0 saturated heterocycles.